The number of fused-ring (bicyclic) bond motifs is 1. The molecule has 5 heteroatoms. The van der Waals surface area contributed by atoms with Crippen molar-refractivity contribution < 1.29 is 14.3 Å². The molecule has 1 fully saturated rings. The molecule has 1 aromatic rings. The maximum absolute atomic E-state index is 12.1. The number of amides is 1. The van der Waals surface area contributed by atoms with Gasteiger partial charge in [-0.15, -0.1) is 0 Å². The maximum Gasteiger partial charge on any atom is 0.253 e. The fraction of sp³-hybridized carbons (Fsp3) is 0.462. The summed E-state index contributed by atoms with van der Waals surface area (Å²) in [6.45, 7) is 2.31. The lowest BCUT2D eigenvalue weighted by Crippen LogP contribution is -2.27. The quantitative estimate of drug-likeness (QED) is 0.795. The van der Waals surface area contributed by atoms with Gasteiger partial charge in [-0.3, -0.25) is 4.79 Å². The van der Waals surface area contributed by atoms with Gasteiger partial charge in [0, 0.05) is 17.8 Å². The first kappa shape index (κ1) is 11.2. The van der Waals surface area contributed by atoms with Gasteiger partial charge < -0.3 is 20.5 Å². The third kappa shape index (κ3) is 1.85. The summed E-state index contributed by atoms with van der Waals surface area (Å²) in [4.78, 5) is 12.1. The number of hydrogen-bond donors (Lipinski definition) is 2. The predicted molar refractivity (Wildman–Crippen MR) is 66.6 cm³/mol. The molecule has 1 saturated carbocycles. The Kier molecular flexibility index (Phi) is 2.54. The predicted octanol–water partition coefficient (Wildman–Crippen LogP) is 1.53. The van der Waals surface area contributed by atoms with Crippen molar-refractivity contribution in [2.24, 2.45) is 5.92 Å². The van der Waals surface area contributed by atoms with Crippen molar-refractivity contribution in [2.75, 3.05) is 12.5 Å². The lowest BCUT2D eigenvalue weighted by atomic mass is 10.1. The molecule has 2 atom stereocenters. The number of anilines is 1. The highest BCUT2D eigenvalue weighted by molar-refractivity contribution is 6.00. The van der Waals surface area contributed by atoms with Gasteiger partial charge >= 0.3 is 0 Å². The van der Waals surface area contributed by atoms with Crippen LogP contribution in [0, 0.1) is 5.92 Å². The molecule has 1 heterocycles. The molecule has 3 rings (SSSR count). The van der Waals surface area contributed by atoms with Crippen LogP contribution < -0.4 is 20.5 Å². The van der Waals surface area contributed by atoms with Crippen molar-refractivity contribution in [3.63, 3.8) is 0 Å². The van der Waals surface area contributed by atoms with Crippen LogP contribution in [0.15, 0.2) is 12.1 Å². The average molecular weight is 248 g/mol. The molecule has 18 heavy (non-hydrogen) atoms. The van der Waals surface area contributed by atoms with Gasteiger partial charge in [-0.1, -0.05) is 13.3 Å². The Morgan fingerprint density at radius 2 is 2.17 bits per heavy atom. The first-order valence-electron chi connectivity index (χ1n) is 6.19. The second-order valence-electron chi connectivity index (χ2n) is 4.78. The van der Waals surface area contributed by atoms with Crippen LogP contribution in [0.1, 0.15) is 30.1 Å². The van der Waals surface area contributed by atoms with E-state index in [1.807, 2.05) is 0 Å². The summed E-state index contributed by atoms with van der Waals surface area (Å²) in [6, 6.07) is 3.59. The Morgan fingerprint density at radius 1 is 1.44 bits per heavy atom. The summed E-state index contributed by atoms with van der Waals surface area (Å²) in [6.07, 6.45) is 2.16. The van der Waals surface area contributed by atoms with E-state index in [0.717, 1.165) is 12.8 Å². The highest BCUT2D eigenvalue weighted by Gasteiger charge is 2.37. The first-order chi connectivity index (χ1) is 8.69. The molecule has 0 saturated heterocycles. The highest BCUT2D eigenvalue weighted by atomic mass is 16.7. The molecule has 3 N–H and O–H groups in total. The molecular formula is C13H16N2O3. The van der Waals surface area contributed by atoms with E-state index < -0.39 is 0 Å². The van der Waals surface area contributed by atoms with Crippen molar-refractivity contribution in [2.45, 2.75) is 25.8 Å². The largest absolute Gasteiger partial charge is 0.454 e. The zero-order valence-electron chi connectivity index (χ0n) is 10.2. The highest BCUT2D eigenvalue weighted by Crippen LogP contribution is 2.37. The fourth-order valence-electron chi connectivity index (χ4n) is 2.28. The van der Waals surface area contributed by atoms with Gasteiger partial charge in [0.25, 0.3) is 5.91 Å². The molecule has 2 aliphatic rings. The van der Waals surface area contributed by atoms with Gasteiger partial charge in [0.15, 0.2) is 11.5 Å². The molecule has 1 aliphatic heterocycles. The van der Waals surface area contributed by atoms with E-state index in [-0.39, 0.29) is 12.7 Å². The molecule has 1 amide bonds. The van der Waals surface area contributed by atoms with Crippen LogP contribution in [0.25, 0.3) is 0 Å². The number of benzene rings is 1. The lowest BCUT2D eigenvalue weighted by Gasteiger charge is -2.08. The monoisotopic (exact) mass is 248 g/mol. The minimum atomic E-state index is -0.133. The molecule has 1 aliphatic carbocycles. The summed E-state index contributed by atoms with van der Waals surface area (Å²) in [7, 11) is 0. The van der Waals surface area contributed by atoms with Gasteiger partial charge in [-0.2, -0.15) is 0 Å². The number of carbonyl (C=O) groups excluding carboxylic acids is 1. The Bertz CT molecular complexity index is 501. The summed E-state index contributed by atoms with van der Waals surface area (Å²) in [5, 5.41) is 2.99. The van der Waals surface area contributed by atoms with Crippen molar-refractivity contribution >= 4 is 11.6 Å². The first-order valence-corrected chi connectivity index (χ1v) is 6.19. The SMILES string of the molecule is CCC1CC1NC(=O)c1cc2c(cc1N)OCO2. The third-order valence-electron chi connectivity index (χ3n) is 3.55. The molecule has 96 valence electrons. The summed E-state index contributed by atoms with van der Waals surface area (Å²) >= 11 is 0. The zero-order chi connectivity index (χ0) is 12.7. The minimum Gasteiger partial charge on any atom is -0.454 e. The smallest absolute Gasteiger partial charge is 0.253 e. The molecule has 0 bridgehead atoms. The van der Waals surface area contributed by atoms with E-state index in [1.165, 1.54) is 0 Å². The maximum atomic E-state index is 12.1. The van der Waals surface area contributed by atoms with Crippen LogP contribution in [-0.2, 0) is 0 Å². The zero-order valence-corrected chi connectivity index (χ0v) is 10.2. The second-order valence-corrected chi connectivity index (χ2v) is 4.78. The summed E-state index contributed by atoms with van der Waals surface area (Å²) in [5.41, 5.74) is 6.74. The van der Waals surface area contributed by atoms with Crippen molar-refractivity contribution in [1.29, 1.82) is 0 Å². The van der Waals surface area contributed by atoms with E-state index in [9.17, 15) is 4.79 Å². The van der Waals surface area contributed by atoms with Gasteiger partial charge in [0.1, 0.15) is 0 Å². The second kappa shape index (κ2) is 4.08. The average Bonchev–Trinajstić information content (AvgIpc) is 2.94. The van der Waals surface area contributed by atoms with Crippen LogP contribution >= 0.6 is 0 Å². The van der Waals surface area contributed by atoms with Gasteiger partial charge in [0.2, 0.25) is 6.79 Å². The standard InChI is InChI=1S/C13H16N2O3/c1-2-7-3-10(7)15-13(16)8-4-11-12(5-9(8)14)18-6-17-11/h4-5,7,10H,2-3,6,14H2,1H3,(H,15,16). The van der Waals surface area contributed by atoms with Crippen molar-refractivity contribution in [3.05, 3.63) is 17.7 Å². The van der Waals surface area contributed by atoms with Crippen molar-refractivity contribution in [3.8, 4) is 11.5 Å². The molecule has 5 nitrogen and oxygen atoms in total. The molecule has 1 aromatic carbocycles. The van der Waals surface area contributed by atoms with Crippen LogP contribution in [0.5, 0.6) is 11.5 Å². The van der Waals surface area contributed by atoms with E-state index in [2.05, 4.69) is 12.2 Å². The van der Waals surface area contributed by atoms with Gasteiger partial charge in [-0.25, -0.2) is 0 Å². The number of hydrogen-bond acceptors (Lipinski definition) is 4. The summed E-state index contributed by atoms with van der Waals surface area (Å²) < 4.78 is 10.5. The van der Waals surface area contributed by atoms with Crippen LogP contribution in [-0.4, -0.2) is 18.7 Å². The number of nitrogens with one attached hydrogen (secondary N) is 1. The number of nitrogens with two attached hydrogens (primary N) is 1. The molecule has 0 radical (unpaired) electrons. The Balaban J connectivity index is 1.77. The molecular weight excluding hydrogens is 232 g/mol. The molecule has 0 aromatic heterocycles. The van der Waals surface area contributed by atoms with Crippen molar-refractivity contribution in [1.82, 2.24) is 5.32 Å². The van der Waals surface area contributed by atoms with Crippen LogP contribution in [0.2, 0.25) is 0 Å². The van der Waals surface area contributed by atoms with Gasteiger partial charge in [-0.05, 0) is 18.4 Å². The number of rotatable bonds is 3. The summed E-state index contributed by atoms with van der Waals surface area (Å²) in [5.74, 6) is 1.66. The van der Waals surface area contributed by atoms with E-state index >= 15 is 0 Å². The van der Waals surface area contributed by atoms with E-state index in [4.69, 9.17) is 15.2 Å². The topological polar surface area (TPSA) is 73.6 Å². The third-order valence-corrected chi connectivity index (χ3v) is 3.55. The fourth-order valence-corrected chi connectivity index (χ4v) is 2.28. The Labute approximate surface area is 105 Å². The Hall–Kier alpha value is -1.91. The molecule has 0 spiro atoms. The number of ether oxygens (including phenoxy) is 2. The van der Waals surface area contributed by atoms with Crippen LogP contribution in [0.3, 0.4) is 0 Å². The van der Waals surface area contributed by atoms with Crippen LogP contribution in [0.4, 0.5) is 5.69 Å². The number of nitrogen functional groups attached to an aromatic ring is 1. The van der Waals surface area contributed by atoms with E-state index in [0.29, 0.717) is 34.7 Å². The van der Waals surface area contributed by atoms with E-state index in [1.54, 1.807) is 12.1 Å². The minimum absolute atomic E-state index is 0.133. The van der Waals surface area contributed by atoms with Gasteiger partial charge in [0.05, 0.1) is 5.56 Å². The normalized spacial score (nSPS) is 23.8. The number of carbonyl (C=O) groups is 1. The Morgan fingerprint density at radius 3 is 2.83 bits per heavy atom. The lowest BCUT2D eigenvalue weighted by molar-refractivity contribution is 0.0949. The molecule has 2 unspecified atom stereocenters.